The van der Waals surface area contributed by atoms with Crippen molar-refractivity contribution in [3.63, 3.8) is 0 Å². The first-order valence-electron chi connectivity index (χ1n) is 6.26. The van der Waals surface area contributed by atoms with Gasteiger partial charge in [-0.2, -0.15) is 0 Å². The summed E-state index contributed by atoms with van der Waals surface area (Å²) in [6, 6.07) is 5.62. The van der Waals surface area contributed by atoms with Crippen LogP contribution in [0.3, 0.4) is 0 Å². The van der Waals surface area contributed by atoms with Crippen LogP contribution in [0.15, 0.2) is 22.7 Å². The Morgan fingerprint density at radius 2 is 2.10 bits per heavy atom. The molecule has 1 saturated heterocycles. The molecule has 0 saturated carbocycles. The largest absolute Gasteiger partial charge is 0.469 e. The second-order valence-corrected chi connectivity index (χ2v) is 7.02. The first-order chi connectivity index (χ1) is 9.43. The van der Waals surface area contributed by atoms with Gasteiger partial charge in [-0.25, -0.2) is 0 Å². The quantitative estimate of drug-likeness (QED) is 0.513. The van der Waals surface area contributed by atoms with E-state index >= 15 is 0 Å². The maximum absolute atomic E-state index is 12.6. The van der Waals surface area contributed by atoms with E-state index in [9.17, 15) is 9.59 Å². The van der Waals surface area contributed by atoms with Crippen molar-refractivity contribution in [2.24, 2.45) is 11.8 Å². The number of esters is 1. The van der Waals surface area contributed by atoms with Crippen LogP contribution < -0.4 is 0 Å². The Bertz CT molecular complexity index is 549. The van der Waals surface area contributed by atoms with Crippen LogP contribution in [0.4, 0.5) is 0 Å². The van der Waals surface area contributed by atoms with Crippen molar-refractivity contribution in [2.45, 2.75) is 6.92 Å². The molecule has 0 aromatic heterocycles. The summed E-state index contributed by atoms with van der Waals surface area (Å²) in [5.41, 5.74) is 0.665. The fourth-order valence-corrected chi connectivity index (χ4v) is 3.35. The molecule has 1 aromatic carbocycles. The van der Waals surface area contributed by atoms with Gasteiger partial charge >= 0.3 is 5.97 Å². The molecule has 0 bridgehead atoms. The lowest BCUT2D eigenvalue weighted by Gasteiger charge is -2.17. The van der Waals surface area contributed by atoms with Crippen molar-refractivity contribution in [1.29, 1.82) is 0 Å². The number of halogens is 2. The molecule has 6 heteroatoms. The predicted octanol–water partition coefficient (Wildman–Crippen LogP) is 2.93. The highest BCUT2D eigenvalue weighted by Gasteiger charge is 2.38. The number of methoxy groups -OCH3 is 1. The van der Waals surface area contributed by atoms with Gasteiger partial charge in [0.1, 0.15) is 0 Å². The standard InChI is InChI=1S/C14H15BrINO3/c1-8-6-17(7-11(8)14(19)20-2)13(18)10-5-9(15)3-4-12(10)16/h3-5,8,11H,6-7H2,1-2H3. The van der Waals surface area contributed by atoms with Crippen molar-refractivity contribution in [1.82, 2.24) is 4.90 Å². The molecular formula is C14H15BrINO3. The number of rotatable bonds is 2. The van der Waals surface area contributed by atoms with E-state index in [1.54, 1.807) is 4.90 Å². The lowest BCUT2D eigenvalue weighted by Crippen LogP contribution is -2.30. The second-order valence-electron chi connectivity index (χ2n) is 4.94. The molecule has 0 radical (unpaired) electrons. The molecule has 0 spiro atoms. The highest BCUT2D eigenvalue weighted by molar-refractivity contribution is 14.1. The number of carbonyl (C=O) groups excluding carboxylic acids is 2. The zero-order chi connectivity index (χ0) is 14.9. The number of benzene rings is 1. The molecule has 0 aliphatic carbocycles. The zero-order valence-corrected chi connectivity index (χ0v) is 15.0. The summed E-state index contributed by atoms with van der Waals surface area (Å²) in [4.78, 5) is 26.0. The molecule has 1 heterocycles. The van der Waals surface area contributed by atoms with E-state index < -0.39 is 0 Å². The van der Waals surface area contributed by atoms with Gasteiger partial charge in [0.25, 0.3) is 5.91 Å². The Labute approximate surface area is 140 Å². The summed E-state index contributed by atoms with van der Waals surface area (Å²) in [6.45, 7) is 2.98. The van der Waals surface area contributed by atoms with Crippen LogP contribution in [0.2, 0.25) is 0 Å². The van der Waals surface area contributed by atoms with E-state index in [0.717, 1.165) is 8.04 Å². The summed E-state index contributed by atoms with van der Waals surface area (Å²) < 4.78 is 6.58. The minimum atomic E-state index is -0.239. The van der Waals surface area contributed by atoms with Crippen LogP contribution in [0, 0.1) is 15.4 Å². The molecule has 1 aliphatic rings. The van der Waals surface area contributed by atoms with E-state index in [0.29, 0.717) is 18.7 Å². The maximum Gasteiger partial charge on any atom is 0.310 e. The minimum Gasteiger partial charge on any atom is -0.469 e. The summed E-state index contributed by atoms with van der Waals surface area (Å²) in [5.74, 6) is -0.379. The smallest absolute Gasteiger partial charge is 0.310 e. The fourth-order valence-electron chi connectivity index (χ4n) is 2.42. The van der Waals surface area contributed by atoms with Crippen molar-refractivity contribution in [3.05, 3.63) is 31.8 Å². The molecule has 2 unspecified atom stereocenters. The van der Waals surface area contributed by atoms with Crippen LogP contribution in [0.5, 0.6) is 0 Å². The van der Waals surface area contributed by atoms with E-state index in [1.165, 1.54) is 7.11 Å². The topological polar surface area (TPSA) is 46.6 Å². The van der Waals surface area contributed by atoms with E-state index in [4.69, 9.17) is 4.74 Å². The third kappa shape index (κ3) is 3.16. The molecule has 1 fully saturated rings. The fraction of sp³-hybridized carbons (Fsp3) is 0.429. The Balaban J connectivity index is 2.19. The number of carbonyl (C=O) groups is 2. The molecule has 2 rings (SSSR count). The summed E-state index contributed by atoms with van der Waals surface area (Å²) >= 11 is 5.53. The van der Waals surface area contributed by atoms with Crippen molar-refractivity contribution >= 4 is 50.4 Å². The van der Waals surface area contributed by atoms with Crippen molar-refractivity contribution < 1.29 is 14.3 Å². The van der Waals surface area contributed by atoms with Crippen molar-refractivity contribution in [3.8, 4) is 0 Å². The van der Waals surface area contributed by atoms with Crippen LogP contribution in [-0.4, -0.2) is 37.0 Å². The second kappa shape index (κ2) is 6.43. The van der Waals surface area contributed by atoms with Crippen LogP contribution in [-0.2, 0) is 9.53 Å². The van der Waals surface area contributed by atoms with Gasteiger partial charge in [0, 0.05) is 21.1 Å². The Morgan fingerprint density at radius 3 is 2.75 bits per heavy atom. The Kier molecular flexibility index (Phi) is 5.06. The number of hydrogen-bond acceptors (Lipinski definition) is 3. The summed E-state index contributed by atoms with van der Waals surface area (Å²) in [5, 5.41) is 0. The molecular weight excluding hydrogens is 437 g/mol. The molecule has 0 N–H and O–H groups in total. The first-order valence-corrected chi connectivity index (χ1v) is 8.13. The third-order valence-corrected chi connectivity index (χ3v) is 5.00. The molecule has 4 nitrogen and oxygen atoms in total. The van der Waals surface area contributed by atoms with Crippen LogP contribution >= 0.6 is 38.5 Å². The monoisotopic (exact) mass is 451 g/mol. The number of hydrogen-bond donors (Lipinski definition) is 0. The highest BCUT2D eigenvalue weighted by atomic mass is 127. The first kappa shape index (κ1) is 15.8. The predicted molar refractivity (Wildman–Crippen MR) is 87.4 cm³/mol. The highest BCUT2D eigenvalue weighted by Crippen LogP contribution is 2.27. The number of amides is 1. The van der Waals surface area contributed by atoms with Gasteiger partial charge in [0.15, 0.2) is 0 Å². The SMILES string of the molecule is COC(=O)C1CN(C(=O)c2cc(Br)ccc2I)CC1C. The minimum absolute atomic E-state index is 0.0334. The molecule has 1 amide bonds. The summed E-state index contributed by atoms with van der Waals surface area (Å²) in [6.07, 6.45) is 0. The van der Waals surface area contributed by atoms with Crippen molar-refractivity contribution in [2.75, 3.05) is 20.2 Å². The lowest BCUT2D eigenvalue weighted by atomic mass is 9.99. The number of nitrogens with zero attached hydrogens (tertiary/aromatic N) is 1. The maximum atomic E-state index is 12.6. The Hall–Kier alpha value is -0.630. The van der Waals surface area contributed by atoms with E-state index in [1.807, 2.05) is 25.1 Å². The van der Waals surface area contributed by atoms with Gasteiger partial charge < -0.3 is 9.64 Å². The van der Waals surface area contributed by atoms with E-state index in [-0.39, 0.29) is 23.7 Å². The molecule has 1 aromatic rings. The zero-order valence-electron chi connectivity index (χ0n) is 11.2. The lowest BCUT2D eigenvalue weighted by molar-refractivity contribution is -0.146. The van der Waals surface area contributed by atoms with Gasteiger partial charge in [-0.3, -0.25) is 9.59 Å². The van der Waals surface area contributed by atoms with Gasteiger partial charge in [0.05, 0.1) is 18.6 Å². The van der Waals surface area contributed by atoms with Crippen LogP contribution in [0.25, 0.3) is 0 Å². The van der Waals surface area contributed by atoms with Gasteiger partial charge in [0.2, 0.25) is 0 Å². The third-order valence-electron chi connectivity index (χ3n) is 3.56. The number of likely N-dealkylation sites (tertiary alicyclic amines) is 1. The molecule has 2 atom stereocenters. The summed E-state index contributed by atoms with van der Waals surface area (Å²) in [7, 11) is 1.39. The number of ether oxygens (including phenoxy) is 1. The molecule has 1 aliphatic heterocycles. The van der Waals surface area contributed by atoms with Gasteiger partial charge in [-0.1, -0.05) is 22.9 Å². The molecule has 108 valence electrons. The average Bonchev–Trinajstić information content (AvgIpc) is 2.82. The average molecular weight is 452 g/mol. The Morgan fingerprint density at radius 1 is 1.40 bits per heavy atom. The normalized spacial score (nSPS) is 21.9. The van der Waals surface area contributed by atoms with E-state index in [2.05, 4.69) is 38.5 Å². The van der Waals surface area contributed by atoms with Gasteiger partial charge in [-0.05, 0) is 46.7 Å². The van der Waals surface area contributed by atoms with Gasteiger partial charge in [-0.15, -0.1) is 0 Å². The molecule has 20 heavy (non-hydrogen) atoms. The van der Waals surface area contributed by atoms with Crippen LogP contribution in [0.1, 0.15) is 17.3 Å².